The molecule has 7 nitrogen and oxygen atoms in total. The summed E-state index contributed by atoms with van der Waals surface area (Å²) < 4.78 is 15.1. The van der Waals surface area contributed by atoms with E-state index >= 15 is 0 Å². The van der Waals surface area contributed by atoms with E-state index in [9.17, 15) is 19.2 Å². The zero-order valence-electron chi connectivity index (χ0n) is 14.1. The Bertz CT molecular complexity index is 572. The summed E-state index contributed by atoms with van der Waals surface area (Å²) >= 11 is 0. The normalized spacial score (nSPS) is 24.1. The first-order valence-corrected chi connectivity index (χ1v) is 8.07. The molecule has 0 unspecified atom stereocenters. The van der Waals surface area contributed by atoms with E-state index in [1.165, 1.54) is 13.0 Å². The van der Waals surface area contributed by atoms with Crippen molar-refractivity contribution in [2.75, 3.05) is 19.8 Å². The van der Waals surface area contributed by atoms with Crippen molar-refractivity contribution in [3.8, 4) is 0 Å². The van der Waals surface area contributed by atoms with Crippen LogP contribution in [0.4, 0.5) is 0 Å². The maximum Gasteiger partial charge on any atom is 0.323 e. The summed E-state index contributed by atoms with van der Waals surface area (Å²) in [6, 6.07) is 0. The average Bonchev–Trinajstić information content (AvgIpc) is 3.00. The molecule has 0 aromatic rings. The van der Waals surface area contributed by atoms with Gasteiger partial charge in [-0.05, 0) is 38.7 Å². The third kappa shape index (κ3) is 3.20. The van der Waals surface area contributed by atoms with E-state index < -0.39 is 29.2 Å². The van der Waals surface area contributed by atoms with E-state index in [4.69, 9.17) is 14.2 Å². The Labute approximate surface area is 140 Å². The molecule has 0 N–H and O–H groups in total. The van der Waals surface area contributed by atoms with Gasteiger partial charge in [0, 0.05) is 6.92 Å². The molecule has 2 aliphatic carbocycles. The zero-order valence-corrected chi connectivity index (χ0v) is 14.1. The number of hydrogen-bond acceptors (Lipinski definition) is 7. The number of rotatable bonds is 6. The van der Waals surface area contributed by atoms with Gasteiger partial charge in [0.1, 0.15) is 6.61 Å². The molecule has 24 heavy (non-hydrogen) atoms. The summed E-state index contributed by atoms with van der Waals surface area (Å²) in [5.41, 5.74) is -0.698. The van der Waals surface area contributed by atoms with Crippen molar-refractivity contribution in [2.24, 2.45) is 17.3 Å². The Morgan fingerprint density at radius 1 is 1.12 bits per heavy atom. The number of hydrogen-bond donors (Lipinski definition) is 0. The molecule has 0 aliphatic heterocycles. The third-order valence-electron chi connectivity index (χ3n) is 4.53. The molecule has 7 heteroatoms. The number of allylic oxidation sites excluding steroid dienone is 2. The molecule has 2 atom stereocenters. The standard InChI is InChI=1S/C17H22O7/c1-4-22-15(20)17(16(21)23-5-2)7-11-6-14(19)13(12(11)8-17)9-24-10(3)18/h6,12-13H,4-5,7-9H2,1-3H3/t12-,13-/m0/s1. The first-order valence-electron chi connectivity index (χ1n) is 8.07. The predicted molar refractivity (Wildman–Crippen MR) is 81.6 cm³/mol. The van der Waals surface area contributed by atoms with Crippen molar-refractivity contribution in [3.05, 3.63) is 11.6 Å². The van der Waals surface area contributed by atoms with Crippen LogP contribution in [-0.4, -0.2) is 43.5 Å². The third-order valence-corrected chi connectivity index (χ3v) is 4.53. The molecule has 0 spiro atoms. The highest BCUT2D eigenvalue weighted by Gasteiger charge is 2.59. The van der Waals surface area contributed by atoms with Crippen LogP contribution in [0.1, 0.15) is 33.6 Å². The Morgan fingerprint density at radius 2 is 1.71 bits per heavy atom. The predicted octanol–water partition coefficient (Wildman–Crippen LogP) is 1.20. The molecular formula is C17H22O7. The summed E-state index contributed by atoms with van der Waals surface area (Å²) in [5.74, 6) is -2.75. The highest BCUT2D eigenvalue weighted by atomic mass is 16.6. The van der Waals surface area contributed by atoms with Crippen molar-refractivity contribution in [2.45, 2.75) is 33.6 Å². The Kier molecular flexibility index (Phi) is 5.41. The van der Waals surface area contributed by atoms with Gasteiger partial charge in [0.05, 0.1) is 19.1 Å². The van der Waals surface area contributed by atoms with Crippen LogP contribution in [0.15, 0.2) is 11.6 Å². The van der Waals surface area contributed by atoms with Gasteiger partial charge in [0.15, 0.2) is 11.2 Å². The van der Waals surface area contributed by atoms with Gasteiger partial charge in [0.25, 0.3) is 0 Å². The van der Waals surface area contributed by atoms with Crippen LogP contribution in [-0.2, 0) is 33.4 Å². The summed E-state index contributed by atoms with van der Waals surface area (Å²) in [7, 11) is 0. The topological polar surface area (TPSA) is 96.0 Å². The molecule has 0 saturated heterocycles. The number of carbonyl (C=O) groups is 4. The number of ketones is 1. The quantitative estimate of drug-likeness (QED) is 0.408. The van der Waals surface area contributed by atoms with Crippen molar-refractivity contribution >= 4 is 23.7 Å². The number of esters is 3. The molecule has 0 aromatic heterocycles. The summed E-state index contributed by atoms with van der Waals surface area (Å²) in [5, 5.41) is 0. The number of carbonyl (C=O) groups excluding carboxylic acids is 4. The van der Waals surface area contributed by atoms with Crippen LogP contribution >= 0.6 is 0 Å². The second-order valence-corrected chi connectivity index (χ2v) is 6.04. The largest absolute Gasteiger partial charge is 0.465 e. The number of ether oxygens (including phenoxy) is 3. The van der Waals surface area contributed by atoms with Gasteiger partial charge in [-0.15, -0.1) is 0 Å². The van der Waals surface area contributed by atoms with E-state index in [0.29, 0.717) is 0 Å². The van der Waals surface area contributed by atoms with E-state index in [1.54, 1.807) is 13.8 Å². The molecular weight excluding hydrogens is 316 g/mol. The lowest BCUT2D eigenvalue weighted by Crippen LogP contribution is -2.41. The van der Waals surface area contributed by atoms with Crippen LogP contribution in [0.25, 0.3) is 0 Å². The van der Waals surface area contributed by atoms with Crippen LogP contribution in [0.5, 0.6) is 0 Å². The first-order chi connectivity index (χ1) is 11.4. The van der Waals surface area contributed by atoms with E-state index in [0.717, 1.165) is 5.57 Å². The highest BCUT2D eigenvalue weighted by Crippen LogP contribution is 2.52. The summed E-state index contributed by atoms with van der Waals surface area (Å²) in [6.07, 6.45) is 1.70. The minimum Gasteiger partial charge on any atom is -0.465 e. The second kappa shape index (κ2) is 7.15. The SMILES string of the molecule is CCOC(=O)C1(C(=O)OCC)CC2=CC(=O)[C@@H](COC(C)=O)[C@H]2C1. The fraction of sp³-hybridized carbons (Fsp3) is 0.647. The molecule has 0 amide bonds. The van der Waals surface area contributed by atoms with Gasteiger partial charge in [0.2, 0.25) is 0 Å². The molecule has 0 radical (unpaired) electrons. The smallest absolute Gasteiger partial charge is 0.323 e. The van der Waals surface area contributed by atoms with Crippen LogP contribution in [0.2, 0.25) is 0 Å². The maximum atomic E-state index is 12.4. The van der Waals surface area contributed by atoms with Crippen molar-refractivity contribution in [1.82, 2.24) is 0 Å². The number of fused-ring (bicyclic) bond motifs is 1. The lowest BCUT2D eigenvalue weighted by atomic mass is 9.82. The lowest BCUT2D eigenvalue weighted by molar-refractivity contribution is -0.172. The Hall–Kier alpha value is -2.18. The molecule has 2 rings (SSSR count). The lowest BCUT2D eigenvalue weighted by Gasteiger charge is -2.25. The monoisotopic (exact) mass is 338 g/mol. The molecule has 132 valence electrons. The fourth-order valence-electron chi connectivity index (χ4n) is 3.44. The summed E-state index contributed by atoms with van der Waals surface area (Å²) in [4.78, 5) is 48.0. The molecule has 0 heterocycles. The van der Waals surface area contributed by atoms with Gasteiger partial charge in [-0.1, -0.05) is 5.57 Å². The fourth-order valence-corrected chi connectivity index (χ4v) is 3.44. The molecule has 1 fully saturated rings. The molecule has 1 saturated carbocycles. The van der Waals surface area contributed by atoms with E-state index in [-0.39, 0.29) is 44.4 Å². The van der Waals surface area contributed by atoms with E-state index in [1.807, 2.05) is 0 Å². The van der Waals surface area contributed by atoms with Crippen LogP contribution in [0.3, 0.4) is 0 Å². The highest BCUT2D eigenvalue weighted by molar-refractivity contribution is 6.03. The van der Waals surface area contributed by atoms with Gasteiger partial charge >= 0.3 is 17.9 Å². The van der Waals surface area contributed by atoms with E-state index in [2.05, 4.69) is 0 Å². The van der Waals surface area contributed by atoms with Crippen molar-refractivity contribution in [1.29, 1.82) is 0 Å². The van der Waals surface area contributed by atoms with Crippen molar-refractivity contribution < 1.29 is 33.4 Å². The Morgan fingerprint density at radius 3 is 2.21 bits per heavy atom. The zero-order chi connectivity index (χ0) is 17.9. The molecule has 0 aromatic carbocycles. The second-order valence-electron chi connectivity index (χ2n) is 6.04. The van der Waals surface area contributed by atoms with Gasteiger partial charge in [-0.3, -0.25) is 19.2 Å². The molecule has 0 bridgehead atoms. The average molecular weight is 338 g/mol. The summed E-state index contributed by atoms with van der Waals surface area (Å²) in [6.45, 7) is 4.85. The van der Waals surface area contributed by atoms with Gasteiger partial charge in [-0.25, -0.2) is 0 Å². The van der Waals surface area contributed by atoms with Crippen molar-refractivity contribution in [3.63, 3.8) is 0 Å². The first kappa shape index (κ1) is 18.2. The maximum absolute atomic E-state index is 12.4. The van der Waals surface area contributed by atoms with Crippen LogP contribution < -0.4 is 0 Å². The molecule has 2 aliphatic rings. The minimum atomic E-state index is -1.42. The van der Waals surface area contributed by atoms with Gasteiger partial charge in [-0.2, -0.15) is 0 Å². The van der Waals surface area contributed by atoms with Crippen LogP contribution in [0, 0.1) is 17.3 Å². The van der Waals surface area contributed by atoms with Gasteiger partial charge < -0.3 is 14.2 Å². The Balaban J connectivity index is 2.26. The minimum absolute atomic E-state index is 0.0550.